The van der Waals surface area contributed by atoms with Crippen LogP contribution in [0.25, 0.3) is 16.6 Å². The Balaban J connectivity index is 1.56. The lowest BCUT2D eigenvalue weighted by Gasteiger charge is -2.43. The van der Waals surface area contributed by atoms with E-state index in [9.17, 15) is 0 Å². The van der Waals surface area contributed by atoms with Gasteiger partial charge in [0.1, 0.15) is 0 Å². The summed E-state index contributed by atoms with van der Waals surface area (Å²) in [6.45, 7) is 9.68. The number of aromatic nitrogens is 1. The van der Waals surface area contributed by atoms with Crippen LogP contribution in [-0.2, 0) is 0 Å². The van der Waals surface area contributed by atoms with E-state index in [4.69, 9.17) is 0 Å². The molecule has 0 saturated heterocycles. The molecule has 2 aliphatic carbocycles. The van der Waals surface area contributed by atoms with Gasteiger partial charge < -0.3 is 9.47 Å². The zero-order valence-corrected chi connectivity index (χ0v) is 21.8. The Hall–Kier alpha value is -3.98. The van der Waals surface area contributed by atoms with Gasteiger partial charge in [-0.15, -0.1) is 0 Å². The minimum Gasteiger partial charge on any atom is -0.315 e. The van der Waals surface area contributed by atoms with E-state index in [1.165, 1.54) is 72.5 Å². The van der Waals surface area contributed by atoms with Crippen molar-refractivity contribution in [1.82, 2.24) is 4.57 Å². The number of fused-ring (bicyclic) bond motifs is 4. The average Bonchev–Trinajstić information content (AvgIpc) is 3.15. The van der Waals surface area contributed by atoms with E-state index < -0.39 is 0 Å². The molecule has 0 unspecified atom stereocenters. The number of nitrogens with zero attached hydrogens (tertiary/aromatic N) is 2. The van der Waals surface area contributed by atoms with Gasteiger partial charge >= 0.3 is 0 Å². The van der Waals surface area contributed by atoms with Gasteiger partial charge in [0.05, 0.1) is 0 Å². The second kappa shape index (κ2) is 7.07. The first-order chi connectivity index (χ1) is 18.0. The van der Waals surface area contributed by atoms with E-state index in [1.54, 1.807) is 0 Å². The maximum absolute atomic E-state index is 2.57. The summed E-state index contributed by atoms with van der Waals surface area (Å²) < 4.78 is 2.53. The molecule has 2 nitrogen and oxygen atoms in total. The lowest BCUT2D eigenvalue weighted by atomic mass is 9.30. The molecule has 0 amide bonds. The smallest absolute Gasteiger partial charge is 0.248 e. The number of aryl methyl sites for hydroxylation is 1. The fraction of sp³-hybridized carbons (Fsp3) is 0.176. The minimum absolute atomic E-state index is 0.0866. The molecule has 4 aromatic rings. The molecule has 0 saturated carbocycles. The van der Waals surface area contributed by atoms with Crippen LogP contribution in [0.15, 0.2) is 113 Å². The van der Waals surface area contributed by atoms with Crippen LogP contribution in [0.4, 0.5) is 11.4 Å². The first-order valence-electron chi connectivity index (χ1n) is 13.4. The minimum atomic E-state index is -0.0866. The lowest BCUT2D eigenvalue weighted by Crippen LogP contribution is -2.56. The van der Waals surface area contributed by atoms with Gasteiger partial charge in [-0.1, -0.05) is 86.1 Å². The molecule has 0 atom stereocenters. The van der Waals surface area contributed by atoms with Crippen LogP contribution in [-0.4, -0.2) is 11.3 Å². The van der Waals surface area contributed by atoms with Crippen LogP contribution in [0.5, 0.6) is 0 Å². The van der Waals surface area contributed by atoms with Crippen LogP contribution in [0.3, 0.4) is 0 Å². The van der Waals surface area contributed by atoms with Gasteiger partial charge in [-0.05, 0) is 72.2 Å². The summed E-state index contributed by atoms with van der Waals surface area (Å²) in [7, 11) is 0. The van der Waals surface area contributed by atoms with Gasteiger partial charge in [0.15, 0.2) is 0 Å². The van der Waals surface area contributed by atoms with Crippen molar-refractivity contribution in [2.24, 2.45) is 5.41 Å². The van der Waals surface area contributed by atoms with E-state index >= 15 is 0 Å². The average molecular weight is 476 g/mol. The quantitative estimate of drug-likeness (QED) is 0.270. The summed E-state index contributed by atoms with van der Waals surface area (Å²) in [6.07, 6.45) is 10.1. The molecule has 3 heteroatoms. The fourth-order valence-corrected chi connectivity index (χ4v) is 7.62. The molecular weight excluding hydrogens is 447 g/mol. The Labute approximate surface area is 219 Å². The van der Waals surface area contributed by atoms with Gasteiger partial charge in [0.2, 0.25) is 6.71 Å². The van der Waals surface area contributed by atoms with Crippen LogP contribution < -0.4 is 15.8 Å². The predicted octanol–water partition coefficient (Wildman–Crippen LogP) is 6.97. The first-order valence-corrected chi connectivity index (χ1v) is 13.4. The van der Waals surface area contributed by atoms with Crippen LogP contribution in [0, 0.1) is 19.3 Å². The van der Waals surface area contributed by atoms with Crippen molar-refractivity contribution in [3.63, 3.8) is 0 Å². The first kappa shape index (κ1) is 21.1. The molecule has 178 valence electrons. The summed E-state index contributed by atoms with van der Waals surface area (Å²) in [5.41, 5.74) is 16.6. The van der Waals surface area contributed by atoms with Crippen LogP contribution in [0.1, 0.15) is 31.5 Å². The highest BCUT2D eigenvalue weighted by molar-refractivity contribution is 6.95. The molecule has 0 fully saturated rings. The highest BCUT2D eigenvalue weighted by atomic mass is 15.2. The van der Waals surface area contributed by atoms with Gasteiger partial charge in [-0.25, -0.2) is 0 Å². The molecule has 0 radical (unpaired) electrons. The molecule has 0 bridgehead atoms. The molecule has 8 rings (SSSR count). The van der Waals surface area contributed by atoms with Crippen molar-refractivity contribution < 1.29 is 0 Å². The standard InChI is InChI=1S/C34H29BN2/c1-21-22(2)36-28-19-12-20-29-30(28)35(27-18-11-16-24(21)31(27)36)33-32(37(29)23-13-7-5-8-14-23)25-15-9-6-10-17-26(25)34(33,3)4/h5-14,16-20H,15H2,1-4H3. The lowest BCUT2D eigenvalue weighted by molar-refractivity contribution is 0.585. The van der Waals surface area contributed by atoms with Crippen molar-refractivity contribution in [2.75, 3.05) is 4.90 Å². The monoisotopic (exact) mass is 476 g/mol. The second-order valence-corrected chi connectivity index (χ2v) is 11.4. The van der Waals surface area contributed by atoms with Crippen molar-refractivity contribution in [1.29, 1.82) is 0 Å². The highest BCUT2D eigenvalue weighted by Crippen LogP contribution is 2.55. The summed E-state index contributed by atoms with van der Waals surface area (Å²) in [5.74, 6) is 0. The maximum atomic E-state index is 2.57. The van der Waals surface area contributed by atoms with Crippen LogP contribution >= 0.6 is 0 Å². The number of allylic oxidation sites excluding steroid dienone is 7. The van der Waals surface area contributed by atoms with E-state index in [1.807, 2.05) is 0 Å². The number of rotatable bonds is 1. The molecule has 37 heavy (non-hydrogen) atoms. The van der Waals surface area contributed by atoms with Gasteiger partial charge in [0.25, 0.3) is 0 Å². The third-order valence-electron chi connectivity index (χ3n) is 9.29. The van der Waals surface area contributed by atoms with Crippen molar-refractivity contribution >= 4 is 39.9 Å². The third kappa shape index (κ3) is 2.47. The molecule has 0 spiro atoms. The summed E-state index contributed by atoms with van der Waals surface area (Å²) in [5, 5.41) is 1.38. The highest BCUT2D eigenvalue weighted by Gasteiger charge is 2.52. The Morgan fingerprint density at radius 2 is 1.62 bits per heavy atom. The van der Waals surface area contributed by atoms with Gasteiger partial charge in [-0.3, -0.25) is 0 Å². The molecule has 2 aliphatic heterocycles. The van der Waals surface area contributed by atoms with Crippen LogP contribution in [0.2, 0.25) is 0 Å². The topological polar surface area (TPSA) is 8.17 Å². The number of hydrogen-bond acceptors (Lipinski definition) is 1. The Morgan fingerprint density at radius 3 is 2.46 bits per heavy atom. The Bertz CT molecular complexity index is 1790. The summed E-state index contributed by atoms with van der Waals surface area (Å²) >= 11 is 0. The van der Waals surface area contributed by atoms with Crippen molar-refractivity contribution in [3.05, 3.63) is 125 Å². The van der Waals surface area contributed by atoms with E-state index in [2.05, 4.69) is 128 Å². The molecule has 4 aliphatic rings. The molecule has 3 aromatic carbocycles. The maximum Gasteiger partial charge on any atom is 0.248 e. The molecule has 0 N–H and O–H groups in total. The van der Waals surface area contributed by atoms with E-state index in [0.29, 0.717) is 0 Å². The Morgan fingerprint density at radius 1 is 0.838 bits per heavy atom. The molecule has 1 aromatic heterocycles. The van der Waals surface area contributed by atoms with E-state index in [-0.39, 0.29) is 12.1 Å². The van der Waals surface area contributed by atoms with Crippen molar-refractivity contribution in [3.8, 4) is 5.69 Å². The fourth-order valence-electron chi connectivity index (χ4n) is 7.62. The van der Waals surface area contributed by atoms with Gasteiger partial charge in [0, 0.05) is 44.8 Å². The molecular formula is C34H29BN2. The molecule has 3 heterocycles. The predicted molar refractivity (Wildman–Crippen MR) is 157 cm³/mol. The van der Waals surface area contributed by atoms with E-state index in [0.717, 1.165) is 6.42 Å². The summed E-state index contributed by atoms with van der Waals surface area (Å²) in [6, 6.07) is 24.9. The zero-order chi connectivity index (χ0) is 25.1. The normalized spacial score (nSPS) is 18.4. The number of anilines is 2. The zero-order valence-electron chi connectivity index (χ0n) is 21.8. The number of benzene rings is 3. The summed E-state index contributed by atoms with van der Waals surface area (Å²) in [4.78, 5) is 2.57. The second-order valence-electron chi connectivity index (χ2n) is 11.4. The van der Waals surface area contributed by atoms with Gasteiger partial charge in [-0.2, -0.15) is 0 Å². The third-order valence-corrected chi connectivity index (χ3v) is 9.29. The van der Waals surface area contributed by atoms with Crippen molar-refractivity contribution in [2.45, 2.75) is 34.1 Å². The SMILES string of the molecule is Cc1c(C)n2c3c(cccc13)B1C3=C(C4=C(C=CC=CC4)C3(C)C)N(c3ccccc3)c3cccc-2c31. The largest absolute Gasteiger partial charge is 0.315 e. The number of para-hydroxylation sites is 2. The number of hydrogen-bond donors (Lipinski definition) is 0. The Kier molecular flexibility index (Phi) is 4.04.